The minimum Gasteiger partial charge on any atom is -0.175 e. The predicted molar refractivity (Wildman–Crippen MR) is 137 cm³/mol. The van der Waals surface area contributed by atoms with Crippen LogP contribution in [0.25, 0.3) is 0 Å². The third kappa shape index (κ3) is 3.76. The molecule has 4 fully saturated rings. The van der Waals surface area contributed by atoms with E-state index in [1.54, 1.807) is 0 Å². The lowest BCUT2D eigenvalue weighted by Gasteiger charge is -2.42. The predicted octanol–water partition coefficient (Wildman–Crippen LogP) is 8.84. The van der Waals surface area contributed by atoms with Crippen LogP contribution in [0.1, 0.15) is 116 Å². The second-order valence-electron chi connectivity index (χ2n) is 11.7. The molecule has 33 heavy (non-hydrogen) atoms. The van der Waals surface area contributed by atoms with E-state index in [0.29, 0.717) is 0 Å². The average Bonchev–Trinajstić information content (AvgIpc) is 3.49. The SMILES string of the molecule is C1CCC2(CC1)N=NC1(CCC3(CC1)N=NC1(CCC4(CC1)N=NC1(CCCCC1)S4)S3)S2. The van der Waals surface area contributed by atoms with Gasteiger partial charge in [0.25, 0.3) is 0 Å². The maximum atomic E-state index is 5.01. The third-order valence-electron chi connectivity index (χ3n) is 9.28. The Morgan fingerprint density at radius 1 is 0.273 bits per heavy atom. The van der Waals surface area contributed by atoms with Crippen LogP contribution < -0.4 is 0 Å². The maximum absolute atomic E-state index is 5.01. The Morgan fingerprint density at radius 2 is 0.485 bits per heavy atom. The molecule has 0 amide bonds. The zero-order chi connectivity index (χ0) is 22.1. The van der Waals surface area contributed by atoms with Crippen molar-refractivity contribution in [3.63, 3.8) is 0 Å². The number of azo groups is 3. The normalized spacial score (nSPS) is 47.3. The molecule has 7 rings (SSSR count). The maximum Gasteiger partial charge on any atom is 0.129 e. The van der Waals surface area contributed by atoms with Crippen LogP contribution in [0.15, 0.2) is 30.7 Å². The van der Waals surface area contributed by atoms with Crippen LogP contribution in [0, 0.1) is 0 Å². The third-order valence-corrected chi connectivity index (χ3v) is 14.5. The fourth-order valence-corrected chi connectivity index (χ4v) is 12.4. The molecule has 0 radical (unpaired) electrons. The van der Waals surface area contributed by atoms with Gasteiger partial charge in [-0.2, -0.15) is 30.7 Å². The highest BCUT2D eigenvalue weighted by Crippen LogP contribution is 2.66. The van der Waals surface area contributed by atoms with Gasteiger partial charge < -0.3 is 0 Å². The fourth-order valence-electron chi connectivity index (χ4n) is 7.21. The van der Waals surface area contributed by atoms with Crippen molar-refractivity contribution in [2.24, 2.45) is 30.7 Å². The Bertz CT molecular complexity index is 803. The van der Waals surface area contributed by atoms with Crippen molar-refractivity contribution < 1.29 is 0 Å². The van der Waals surface area contributed by atoms with Crippen LogP contribution in [0.5, 0.6) is 0 Å². The number of thioether (sulfide) groups is 3. The van der Waals surface area contributed by atoms with E-state index in [1.807, 2.05) is 0 Å². The molecular formula is C24H36N6S3. The molecule has 0 unspecified atom stereocenters. The summed E-state index contributed by atoms with van der Waals surface area (Å²) < 4.78 is 0. The van der Waals surface area contributed by atoms with Gasteiger partial charge in [-0.25, -0.2) is 0 Å². The van der Waals surface area contributed by atoms with Crippen LogP contribution in [0.3, 0.4) is 0 Å². The molecule has 0 bridgehead atoms. The van der Waals surface area contributed by atoms with Gasteiger partial charge >= 0.3 is 0 Å². The highest BCUT2D eigenvalue weighted by Gasteiger charge is 2.59. The van der Waals surface area contributed by atoms with Crippen molar-refractivity contribution in [3.8, 4) is 0 Å². The van der Waals surface area contributed by atoms with Crippen molar-refractivity contribution in [2.75, 3.05) is 0 Å². The lowest BCUT2D eigenvalue weighted by molar-refractivity contribution is 0.330. The van der Waals surface area contributed by atoms with E-state index in [-0.39, 0.29) is 29.2 Å². The summed E-state index contributed by atoms with van der Waals surface area (Å²) in [4.78, 5) is 0.247. The molecule has 9 heteroatoms. The van der Waals surface area contributed by atoms with E-state index in [1.165, 1.54) is 64.2 Å². The Morgan fingerprint density at radius 3 is 0.727 bits per heavy atom. The molecule has 6 spiro atoms. The van der Waals surface area contributed by atoms with Crippen molar-refractivity contribution in [1.29, 1.82) is 0 Å². The van der Waals surface area contributed by atoms with E-state index >= 15 is 0 Å². The second-order valence-corrected chi connectivity index (χ2v) is 16.9. The number of rotatable bonds is 0. The highest BCUT2D eigenvalue weighted by molar-refractivity contribution is 8.03. The minimum absolute atomic E-state index is 0.0108. The molecule has 0 aromatic heterocycles. The molecule has 0 atom stereocenters. The van der Waals surface area contributed by atoms with E-state index in [0.717, 1.165) is 51.4 Å². The summed E-state index contributed by atoms with van der Waals surface area (Å²) in [6.07, 6.45) is 21.8. The summed E-state index contributed by atoms with van der Waals surface area (Å²) in [5.74, 6) is 0. The zero-order valence-electron chi connectivity index (χ0n) is 19.6. The van der Waals surface area contributed by atoms with Crippen LogP contribution in [0.2, 0.25) is 0 Å². The van der Waals surface area contributed by atoms with Gasteiger partial charge in [-0.1, -0.05) is 73.8 Å². The lowest BCUT2D eigenvalue weighted by atomic mass is 9.91. The number of hydrogen-bond donors (Lipinski definition) is 0. The van der Waals surface area contributed by atoms with Crippen molar-refractivity contribution in [2.45, 2.75) is 145 Å². The van der Waals surface area contributed by atoms with E-state index < -0.39 is 0 Å². The molecule has 0 N–H and O–H groups in total. The zero-order valence-corrected chi connectivity index (χ0v) is 22.1. The van der Waals surface area contributed by atoms with Crippen molar-refractivity contribution in [3.05, 3.63) is 0 Å². The molecule has 3 heterocycles. The number of nitrogens with zero attached hydrogens (tertiary/aromatic N) is 6. The van der Waals surface area contributed by atoms with Crippen LogP contribution >= 0.6 is 35.3 Å². The average molecular weight is 505 g/mol. The lowest BCUT2D eigenvalue weighted by Crippen LogP contribution is -2.40. The molecule has 180 valence electrons. The Balaban J connectivity index is 0.975. The highest BCUT2D eigenvalue weighted by atomic mass is 32.2. The van der Waals surface area contributed by atoms with Gasteiger partial charge in [-0.05, 0) is 77.0 Å². The van der Waals surface area contributed by atoms with Gasteiger partial charge in [0.1, 0.15) is 29.2 Å². The molecule has 0 aromatic carbocycles. The molecule has 7 aliphatic rings. The topological polar surface area (TPSA) is 74.2 Å². The van der Waals surface area contributed by atoms with Gasteiger partial charge in [0.2, 0.25) is 0 Å². The number of hydrogen-bond acceptors (Lipinski definition) is 9. The summed E-state index contributed by atoms with van der Waals surface area (Å²) in [7, 11) is 0. The largest absolute Gasteiger partial charge is 0.175 e. The van der Waals surface area contributed by atoms with Crippen LogP contribution in [-0.2, 0) is 0 Å². The first-order valence-corrected chi connectivity index (χ1v) is 15.9. The van der Waals surface area contributed by atoms with Crippen LogP contribution in [0.4, 0.5) is 0 Å². The molecule has 3 aliphatic heterocycles. The Hall–Kier alpha value is -0.150. The molecule has 0 saturated heterocycles. The van der Waals surface area contributed by atoms with Crippen molar-refractivity contribution >= 4 is 35.3 Å². The first-order chi connectivity index (χ1) is 16.0. The Labute approximate surface area is 210 Å². The first kappa shape index (κ1) is 22.1. The van der Waals surface area contributed by atoms with Gasteiger partial charge in [0.15, 0.2) is 0 Å². The molecular weight excluding hydrogens is 469 g/mol. The van der Waals surface area contributed by atoms with E-state index in [2.05, 4.69) is 35.3 Å². The van der Waals surface area contributed by atoms with E-state index in [9.17, 15) is 0 Å². The molecule has 4 aliphatic carbocycles. The monoisotopic (exact) mass is 504 g/mol. The van der Waals surface area contributed by atoms with Gasteiger partial charge in [-0.3, -0.25) is 0 Å². The first-order valence-electron chi connectivity index (χ1n) is 13.4. The smallest absolute Gasteiger partial charge is 0.129 e. The summed E-state index contributed by atoms with van der Waals surface area (Å²) in [5, 5.41) is 29.6. The summed E-state index contributed by atoms with van der Waals surface area (Å²) in [6, 6.07) is 0. The Kier molecular flexibility index (Phi) is 5.13. The minimum atomic E-state index is -0.0108. The quantitative estimate of drug-likeness (QED) is 0.330. The summed E-state index contributed by atoms with van der Waals surface area (Å²) >= 11 is 6.32. The molecule has 4 saturated carbocycles. The second kappa shape index (κ2) is 7.67. The molecule has 6 nitrogen and oxygen atoms in total. The van der Waals surface area contributed by atoms with Crippen molar-refractivity contribution in [1.82, 2.24) is 0 Å². The molecule has 0 aromatic rings. The summed E-state index contributed by atoms with van der Waals surface area (Å²) in [6.45, 7) is 0. The standard InChI is InChI=1S/C24H36N6S3/c1-3-7-19(8-4-1)25-27-21(31-19)11-15-23(16-12-21)29-30-24(33-23)17-13-22(14-18-24)28-26-20(32-22)9-5-2-6-10-20/h1-18H2. The summed E-state index contributed by atoms with van der Waals surface area (Å²) in [5.41, 5.74) is 0. The van der Waals surface area contributed by atoms with Gasteiger partial charge in [-0.15, -0.1) is 0 Å². The fraction of sp³-hybridized carbons (Fsp3) is 1.00. The van der Waals surface area contributed by atoms with Crippen LogP contribution in [-0.4, -0.2) is 29.2 Å². The van der Waals surface area contributed by atoms with E-state index in [4.69, 9.17) is 30.7 Å². The van der Waals surface area contributed by atoms with Gasteiger partial charge in [0.05, 0.1) is 0 Å². The van der Waals surface area contributed by atoms with Gasteiger partial charge in [0, 0.05) is 0 Å².